The van der Waals surface area contributed by atoms with E-state index in [9.17, 15) is 13.2 Å². The number of hydrogen-bond donors (Lipinski definition) is 1. The van der Waals surface area contributed by atoms with Gasteiger partial charge in [0.1, 0.15) is 15.2 Å². The summed E-state index contributed by atoms with van der Waals surface area (Å²) in [5.74, 6) is 0.489. The molecule has 1 aromatic heterocycles. The lowest BCUT2D eigenvalue weighted by atomic mass is 10.1. The van der Waals surface area contributed by atoms with E-state index in [0.717, 1.165) is 11.3 Å². The quantitative estimate of drug-likeness (QED) is 0.610. The van der Waals surface area contributed by atoms with Crippen molar-refractivity contribution in [1.29, 1.82) is 0 Å². The number of carbonyl (C=O) groups excluding carboxylic acids is 1. The van der Waals surface area contributed by atoms with Crippen LogP contribution in [0.25, 0.3) is 0 Å². The van der Waals surface area contributed by atoms with Gasteiger partial charge in [-0.05, 0) is 34.7 Å². The molecule has 28 heavy (non-hydrogen) atoms. The molecule has 0 radical (unpaired) electrons. The van der Waals surface area contributed by atoms with Crippen molar-refractivity contribution in [3.63, 3.8) is 0 Å². The van der Waals surface area contributed by atoms with Crippen LogP contribution >= 0.6 is 11.3 Å². The Labute approximate surface area is 168 Å². The third kappa shape index (κ3) is 4.79. The molecule has 0 aliphatic heterocycles. The van der Waals surface area contributed by atoms with E-state index in [0.29, 0.717) is 9.77 Å². The van der Waals surface area contributed by atoms with Crippen LogP contribution in [0, 0.1) is 0 Å². The van der Waals surface area contributed by atoms with Crippen molar-refractivity contribution in [3.8, 4) is 5.75 Å². The molecule has 146 valence electrons. The molecule has 2 aromatic carbocycles. The van der Waals surface area contributed by atoms with Gasteiger partial charge in [-0.2, -0.15) is 0 Å². The maximum absolute atomic E-state index is 13.1. The Hall–Kier alpha value is -2.64. The van der Waals surface area contributed by atoms with Crippen molar-refractivity contribution in [3.05, 3.63) is 83.2 Å². The first-order valence-corrected chi connectivity index (χ1v) is 11.2. The summed E-state index contributed by atoms with van der Waals surface area (Å²) in [6, 6.07) is 19.5. The molecule has 0 spiro atoms. The van der Waals surface area contributed by atoms with Gasteiger partial charge in [-0.3, -0.25) is 4.79 Å². The second-order valence-corrected chi connectivity index (χ2v) is 9.51. The van der Waals surface area contributed by atoms with Gasteiger partial charge >= 0.3 is 0 Å². The minimum atomic E-state index is -3.60. The van der Waals surface area contributed by atoms with Gasteiger partial charge in [0.15, 0.2) is 9.84 Å². The Balaban J connectivity index is 1.74. The number of hydrogen-bond acceptors (Lipinski definition) is 5. The van der Waals surface area contributed by atoms with Crippen LogP contribution in [0.1, 0.15) is 16.4 Å². The smallest absolute Gasteiger partial charge is 0.224 e. The molecule has 1 N–H and O–H groups in total. The summed E-state index contributed by atoms with van der Waals surface area (Å²) in [6.07, 6.45) is 0.171. The summed E-state index contributed by atoms with van der Waals surface area (Å²) in [5.41, 5.74) is 1.48. The van der Waals surface area contributed by atoms with Gasteiger partial charge in [0.05, 0.1) is 13.5 Å². The van der Waals surface area contributed by atoms with Crippen LogP contribution in [0.4, 0.5) is 0 Å². The van der Waals surface area contributed by atoms with Crippen molar-refractivity contribution in [2.45, 2.75) is 15.9 Å². The number of methoxy groups -OCH3 is 1. The number of thiophene rings is 1. The highest BCUT2D eigenvalue weighted by Crippen LogP contribution is 2.31. The van der Waals surface area contributed by atoms with Crippen LogP contribution in [0.15, 0.2) is 76.3 Å². The SMILES string of the molecule is COc1ccc(CC(=O)NC[C@@H](c2ccccc2)S(=O)(=O)c2cccs2)cc1. The minimum absolute atomic E-state index is 0.0131. The van der Waals surface area contributed by atoms with Gasteiger partial charge in [-0.15, -0.1) is 11.3 Å². The molecule has 1 atom stereocenters. The van der Waals surface area contributed by atoms with E-state index < -0.39 is 15.1 Å². The highest BCUT2D eigenvalue weighted by molar-refractivity contribution is 7.93. The summed E-state index contributed by atoms with van der Waals surface area (Å²) in [6.45, 7) is 0.0131. The van der Waals surface area contributed by atoms with Crippen LogP contribution in [0.3, 0.4) is 0 Å². The van der Waals surface area contributed by atoms with Gasteiger partial charge in [0.25, 0.3) is 0 Å². The molecular weight excluding hydrogens is 394 g/mol. The molecule has 0 fully saturated rings. The lowest BCUT2D eigenvalue weighted by molar-refractivity contribution is -0.120. The second-order valence-electron chi connectivity index (χ2n) is 6.21. The van der Waals surface area contributed by atoms with Crippen molar-refractivity contribution < 1.29 is 17.9 Å². The van der Waals surface area contributed by atoms with E-state index in [1.165, 1.54) is 11.3 Å². The standard InChI is InChI=1S/C21H21NO4S2/c1-26-18-11-9-16(10-12-18)14-20(23)22-15-19(17-6-3-2-4-7-17)28(24,25)21-8-5-13-27-21/h2-13,19H,14-15H2,1H3,(H,22,23)/t19-/m0/s1. The lowest BCUT2D eigenvalue weighted by Gasteiger charge is -2.18. The summed E-state index contributed by atoms with van der Waals surface area (Å²) in [7, 11) is -2.02. The van der Waals surface area contributed by atoms with Crippen molar-refractivity contribution in [2.75, 3.05) is 13.7 Å². The molecule has 0 aliphatic rings. The highest BCUT2D eigenvalue weighted by Gasteiger charge is 2.30. The first kappa shape index (κ1) is 20.1. The largest absolute Gasteiger partial charge is 0.497 e. The van der Waals surface area contributed by atoms with Crippen LogP contribution in [0.2, 0.25) is 0 Å². The predicted molar refractivity (Wildman–Crippen MR) is 110 cm³/mol. The summed E-state index contributed by atoms with van der Waals surface area (Å²) >= 11 is 1.18. The fourth-order valence-electron chi connectivity index (χ4n) is 2.84. The molecule has 0 bridgehead atoms. The maximum Gasteiger partial charge on any atom is 0.224 e. The third-order valence-corrected chi connectivity index (χ3v) is 7.86. The lowest BCUT2D eigenvalue weighted by Crippen LogP contribution is -2.32. The zero-order valence-electron chi connectivity index (χ0n) is 15.4. The van der Waals surface area contributed by atoms with Crippen molar-refractivity contribution in [2.24, 2.45) is 0 Å². The monoisotopic (exact) mass is 415 g/mol. The molecular formula is C21H21NO4S2. The Morgan fingerprint density at radius 1 is 1.04 bits per heavy atom. The first-order chi connectivity index (χ1) is 13.5. The van der Waals surface area contributed by atoms with Crippen molar-refractivity contribution in [1.82, 2.24) is 5.32 Å². The van der Waals surface area contributed by atoms with E-state index in [1.54, 1.807) is 61.0 Å². The van der Waals surface area contributed by atoms with Gasteiger partial charge in [-0.25, -0.2) is 8.42 Å². The fraction of sp³-hybridized carbons (Fsp3) is 0.190. The fourth-order valence-corrected chi connectivity index (χ4v) is 5.70. The Morgan fingerprint density at radius 3 is 2.36 bits per heavy atom. The summed E-state index contributed by atoms with van der Waals surface area (Å²) in [5, 5.41) is 3.67. The second kappa shape index (κ2) is 9.03. The number of ether oxygens (including phenoxy) is 1. The number of nitrogens with one attached hydrogen (secondary N) is 1. The van der Waals surface area contributed by atoms with E-state index in [2.05, 4.69) is 5.32 Å². The number of sulfone groups is 1. The van der Waals surface area contributed by atoms with Crippen LogP contribution in [-0.4, -0.2) is 28.0 Å². The summed E-state index contributed by atoms with van der Waals surface area (Å²) in [4.78, 5) is 12.4. The average Bonchev–Trinajstić information content (AvgIpc) is 3.25. The van der Waals surface area contributed by atoms with Crippen LogP contribution in [0.5, 0.6) is 5.75 Å². The zero-order chi connectivity index (χ0) is 20.0. The van der Waals surface area contributed by atoms with E-state index in [1.807, 2.05) is 18.2 Å². The molecule has 0 saturated heterocycles. The van der Waals surface area contributed by atoms with Gasteiger partial charge in [0.2, 0.25) is 5.91 Å². The number of amides is 1. The average molecular weight is 416 g/mol. The van der Waals surface area contributed by atoms with Gasteiger partial charge in [-0.1, -0.05) is 48.5 Å². The Kier molecular flexibility index (Phi) is 6.49. The van der Waals surface area contributed by atoms with Crippen LogP contribution < -0.4 is 10.1 Å². The van der Waals surface area contributed by atoms with Crippen LogP contribution in [-0.2, 0) is 21.1 Å². The molecule has 0 aliphatic carbocycles. The first-order valence-electron chi connectivity index (χ1n) is 8.72. The molecule has 0 saturated carbocycles. The molecule has 5 nitrogen and oxygen atoms in total. The topological polar surface area (TPSA) is 72.5 Å². The number of benzene rings is 2. The Bertz CT molecular complexity index is 998. The Morgan fingerprint density at radius 2 is 1.75 bits per heavy atom. The molecule has 3 rings (SSSR count). The molecule has 7 heteroatoms. The van der Waals surface area contributed by atoms with E-state index >= 15 is 0 Å². The third-order valence-electron chi connectivity index (χ3n) is 4.33. The van der Waals surface area contributed by atoms with E-state index in [4.69, 9.17) is 4.74 Å². The summed E-state index contributed by atoms with van der Waals surface area (Å²) < 4.78 is 31.6. The van der Waals surface area contributed by atoms with Gasteiger partial charge in [0, 0.05) is 6.54 Å². The zero-order valence-corrected chi connectivity index (χ0v) is 17.0. The molecule has 1 amide bonds. The molecule has 1 heterocycles. The minimum Gasteiger partial charge on any atom is -0.497 e. The predicted octanol–water partition coefficient (Wildman–Crippen LogP) is 3.63. The molecule has 3 aromatic rings. The maximum atomic E-state index is 13.1. The normalized spacial score (nSPS) is 12.3. The number of carbonyl (C=O) groups is 1. The number of rotatable bonds is 8. The van der Waals surface area contributed by atoms with E-state index in [-0.39, 0.29) is 18.9 Å². The van der Waals surface area contributed by atoms with Gasteiger partial charge < -0.3 is 10.1 Å². The highest BCUT2D eigenvalue weighted by atomic mass is 32.2. The molecule has 0 unspecified atom stereocenters. The van der Waals surface area contributed by atoms with Crippen molar-refractivity contribution >= 4 is 27.1 Å².